The van der Waals surface area contributed by atoms with E-state index in [9.17, 15) is 9.90 Å². The maximum absolute atomic E-state index is 11.3. The first kappa shape index (κ1) is 14.0. The molecule has 0 fully saturated rings. The maximum atomic E-state index is 11.3. The largest absolute Gasteiger partial charge is 0.480 e. The molecule has 0 saturated carbocycles. The van der Waals surface area contributed by atoms with Crippen LogP contribution in [0, 0.1) is 0 Å². The van der Waals surface area contributed by atoms with E-state index >= 15 is 0 Å². The molecule has 0 aliphatic heterocycles. The quantitative estimate of drug-likeness (QED) is 0.734. The van der Waals surface area contributed by atoms with Gasteiger partial charge in [-0.2, -0.15) is 4.98 Å². The van der Waals surface area contributed by atoms with Crippen LogP contribution in [0.1, 0.15) is 26.2 Å². The number of carboxylic acid groups (broad SMARTS) is 1. The average molecular weight is 275 g/mol. The van der Waals surface area contributed by atoms with E-state index in [2.05, 4.69) is 20.3 Å². The number of aliphatic carboxylic acids is 1. The van der Waals surface area contributed by atoms with Gasteiger partial charge in [-0.3, -0.25) is 4.98 Å². The van der Waals surface area contributed by atoms with Gasteiger partial charge in [0.15, 0.2) is 5.82 Å². The molecule has 20 heavy (non-hydrogen) atoms. The van der Waals surface area contributed by atoms with Gasteiger partial charge in [-0.25, -0.2) is 9.78 Å². The Kier molecular flexibility index (Phi) is 4.29. The lowest BCUT2D eigenvalue weighted by Crippen LogP contribution is -2.30. The second-order valence-corrected chi connectivity index (χ2v) is 4.48. The Morgan fingerprint density at radius 3 is 3.00 bits per heavy atom. The average Bonchev–Trinajstić information content (AvgIpc) is 2.42. The minimum absolute atomic E-state index is 0.0904. The Balaban J connectivity index is 2.33. The van der Waals surface area contributed by atoms with Crippen molar-refractivity contribution in [2.24, 2.45) is 0 Å². The number of carbonyl (C=O) groups is 1. The molecule has 0 amide bonds. The van der Waals surface area contributed by atoms with Crippen molar-refractivity contribution >= 4 is 28.8 Å². The maximum Gasteiger partial charge on any atom is 0.326 e. The molecule has 2 rings (SSSR count). The summed E-state index contributed by atoms with van der Waals surface area (Å²) in [7, 11) is 0. The second-order valence-electron chi connectivity index (χ2n) is 4.48. The number of aromatic nitrogens is 3. The summed E-state index contributed by atoms with van der Waals surface area (Å²) in [5, 5.41) is 12.1. The van der Waals surface area contributed by atoms with E-state index in [0.717, 1.165) is 12.8 Å². The Hall–Kier alpha value is -2.44. The predicted molar refractivity (Wildman–Crippen MR) is 76.3 cm³/mol. The number of nitrogens with zero attached hydrogens (tertiary/aromatic N) is 3. The molecule has 0 saturated heterocycles. The summed E-state index contributed by atoms with van der Waals surface area (Å²) in [6.07, 6.45) is 3.87. The fraction of sp³-hybridized carbons (Fsp3) is 0.385. The van der Waals surface area contributed by atoms with Gasteiger partial charge in [-0.05, 0) is 18.6 Å². The molecule has 0 aliphatic rings. The molecule has 7 heteroatoms. The van der Waals surface area contributed by atoms with Crippen LogP contribution < -0.4 is 11.1 Å². The molecular formula is C13H17N5O2. The lowest BCUT2D eigenvalue weighted by Gasteiger charge is -2.15. The zero-order valence-corrected chi connectivity index (χ0v) is 11.2. The number of hydrogen-bond acceptors (Lipinski definition) is 6. The minimum atomic E-state index is -0.917. The number of nitrogens with one attached hydrogen (secondary N) is 1. The van der Waals surface area contributed by atoms with Gasteiger partial charge in [-0.1, -0.05) is 19.8 Å². The monoisotopic (exact) mass is 275 g/mol. The van der Waals surface area contributed by atoms with Crippen molar-refractivity contribution in [3.8, 4) is 0 Å². The van der Waals surface area contributed by atoms with E-state index in [1.165, 1.54) is 0 Å². The molecule has 0 spiro atoms. The lowest BCUT2D eigenvalue weighted by molar-refractivity contribution is -0.138. The molecule has 2 aromatic rings. The molecule has 2 heterocycles. The molecule has 0 aromatic carbocycles. The van der Waals surface area contributed by atoms with Crippen LogP contribution in [-0.4, -0.2) is 32.1 Å². The smallest absolute Gasteiger partial charge is 0.326 e. The number of rotatable bonds is 6. The van der Waals surface area contributed by atoms with Crippen LogP contribution in [0.15, 0.2) is 18.3 Å². The number of hydrogen-bond donors (Lipinski definition) is 3. The highest BCUT2D eigenvalue weighted by atomic mass is 16.4. The Bertz CT molecular complexity index is 617. The summed E-state index contributed by atoms with van der Waals surface area (Å²) in [6.45, 7) is 2.01. The molecular weight excluding hydrogens is 258 g/mol. The predicted octanol–water partition coefficient (Wildman–Crippen LogP) is 1.66. The fourth-order valence-corrected chi connectivity index (χ4v) is 1.92. The molecule has 1 atom stereocenters. The highest BCUT2D eigenvalue weighted by molar-refractivity contribution is 5.88. The van der Waals surface area contributed by atoms with Gasteiger partial charge in [0.1, 0.15) is 11.6 Å². The molecule has 106 valence electrons. The van der Waals surface area contributed by atoms with Crippen molar-refractivity contribution in [2.75, 3.05) is 11.1 Å². The number of unbranched alkanes of at least 4 members (excludes halogenated alkanes) is 1. The molecule has 0 aliphatic carbocycles. The fourth-order valence-electron chi connectivity index (χ4n) is 1.92. The molecule has 0 bridgehead atoms. The lowest BCUT2D eigenvalue weighted by atomic mass is 10.1. The van der Waals surface area contributed by atoms with Crippen molar-refractivity contribution in [2.45, 2.75) is 32.2 Å². The normalized spacial score (nSPS) is 12.2. The number of fused-ring (bicyclic) bond motifs is 1. The topological polar surface area (TPSA) is 114 Å². The number of anilines is 2. The van der Waals surface area contributed by atoms with Gasteiger partial charge in [0.2, 0.25) is 5.95 Å². The summed E-state index contributed by atoms with van der Waals surface area (Å²) in [5.74, 6) is -0.469. The van der Waals surface area contributed by atoms with Crippen LogP contribution >= 0.6 is 0 Å². The van der Waals surface area contributed by atoms with Crippen LogP contribution in [0.25, 0.3) is 11.0 Å². The molecule has 0 radical (unpaired) electrons. The van der Waals surface area contributed by atoms with E-state index in [1.54, 1.807) is 18.3 Å². The van der Waals surface area contributed by atoms with Gasteiger partial charge in [0, 0.05) is 6.20 Å². The van der Waals surface area contributed by atoms with Crippen molar-refractivity contribution < 1.29 is 9.90 Å². The summed E-state index contributed by atoms with van der Waals surface area (Å²) in [6, 6.07) is 2.78. The van der Waals surface area contributed by atoms with Gasteiger partial charge in [-0.15, -0.1) is 0 Å². The number of nitrogen functional groups attached to an aromatic ring is 1. The van der Waals surface area contributed by atoms with Gasteiger partial charge in [0.25, 0.3) is 0 Å². The Morgan fingerprint density at radius 2 is 2.30 bits per heavy atom. The van der Waals surface area contributed by atoms with Crippen LogP contribution in [0.4, 0.5) is 11.8 Å². The van der Waals surface area contributed by atoms with Crippen molar-refractivity contribution in [3.05, 3.63) is 18.3 Å². The van der Waals surface area contributed by atoms with E-state index in [1.807, 2.05) is 6.92 Å². The molecule has 0 unspecified atom stereocenters. The van der Waals surface area contributed by atoms with Crippen LogP contribution in [-0.2, 0) is 4.79 Å². The summed E-state index contributed by atoms with van der Waals surface area (Å²) in [5.41, 5.74) is 6.74. The summed E-state index contributed by atoms with van der Waals surface area (Å²) >= 11 is 0. The first-order valence-electron chi connectivity index (χ1n) is 6.49. The Morgan fingerprint density at radius 1 is 1.50 bits per heavy atom. The first-order chi connectivity index (χ1) is 9.61. The third kappa shape index (κ3) is 3.11. The van der Waals surface area contributed by atoms with Crippen molar-refractivity contribution in [3.63, 3.8) is 0 Å². The molecule has 7 nitrogen and oxygen atoms in total. The van der Waals surface area contributed by atoms with Gasteiger partial charge < -0.3 is 16.2 Å². The van der Waals surface area contributed by atoms with Crippen molar-refractivity contribution in [1.29, 1.82) is 0 Å². The van der Waals surface area contributed by atoms with Gasteiger partial charge in [0.05, 0.1) is 5.52 Å². The zero-order valence-electron chi connectivity index (χ0n) is 11.2. The first-order valence-corrected chi connectivity index (χ1v) is 6.49. The van der Waals surface area contributed by atoms with Crippen LogP contribution in [0.5, 0.6) is 0 Å². The summed E-state index contributed by atoms with van der Waals surface area (Å²) < 4.78 is 0. The van der Waals surface area contributed by atoms with E-state index < -0.39 is 12.0 Å². The van der Waals surface area contributed by atoms with Crippen LogP contribution in [0.2, 0.25) is 0 Å². The number of nitrogens with two attached hydrogens (primary N) is 1. The third-order valence-corrected chi connectivity index (χ3v) is 2.93. The molecule has 2 aromatic heterocycles. The number of carboxylic acids is 1. The third-order valence-electron chi connectivity index (χ3n) is 2.93. The van der Waals surface area contributed by atoms with Gasteiger partial charge >= 0.3 is 5.97 Å². The second kappa shape index (κ2) is 6.14. The Labute approximate surface area is 116 Å². The standard InChI is InChI=1S/C13H17N5O2/c1-2-3-5-9(12(19)20)16-11-10-8(6-4-7-15-10)17-13(14)18-11/h4,6-7,9H,2-3,5H2,1H3,(H,19,20)(H3,14,16,17,18)/t9-/m1/s1. The van der Waals surface area contributed by atoms with Crippen LogP contribution in [0.3, 0.4) is 0 Å². The number of pyridine rings is 1. The zero-order chi connectivity index (χ0) is 14.5. The summed E-state index contributed by atoms with van der Waals surface area (Å²) in [4.78, 5) is 23.6. The van der Waals surface area contributed by atoms with E-state index in [0.29, 0.717) is 23.3 Å². The SMILES string of the molecule is CCCC[C@@H](Nc1nc(N)nc2cccnc12)C(=O)O. The van der Waals surface area contributed by atoms with E-state index in [-0.39, 0.29) is 5.95 Å². The minimum Gasteiger partial charge on any atom is -0.480 e. The van der Waals surface area contributed by atoms with E-state index in [4.69, 9.17) is 5.73 Å². The highest BCUT2D eigenvalue weighted by Crippen LogP contribution is 2.20. The van der Waals surface area contributed by atoms with Crippen molar-refractivity contribution in [1.82, 2.24) is 15.0 Å². The highest BCUT2D eigenvalue weighted by Gasteiger charge is 2.19. The molecule has 4 N–H and O–H groups in total.